The van der Waals surface area contributed by atoms with E-state index in [1.54, 1.807) is 26.0 Å². The molecule has 82 valence electrons. The van der Waals surface area contributed by atoms with E-state index in [9.17, 15) is 9.90 Å². The van der Waals surface area contributed by atoms with Crippen molar-refractivity contribution in [3.05, 3.63) is 28.8 Å². The van der Waals surface area contributed by atoms with Crippen LogP contribution >= 0.6 is 0 Å². The molecular weight excluding hydrogens is 192 g/mol. The standard InChI is InChI=1S/C12H16O3/c1-4-9-7-11(13)8(3)6-10(9)12(14)15-5-2/h6-7,13H,4-5H2,1-3H3. The molecule has 0 saturated carbocycles. The molecular formula is C12H16O3. The minimum absolute atomic E-state index is 0.222. The van der Waals surface area contributed by atoms with Crippen molar-refractivity contribution in [3.63, 3.8) is 0 Å². The highest BCUT2D eigenvalue weighted by atomic mass is 16.5. The van der Waals surface area contributed by atoms with Gasteiger partial charge in [0.2, 0.25) is 0 Å². The second kappa shape index (κ2) is 4.82. The summed E-state index contributed by atoms with van der Waals surface area (Å²) in [4.78, 5) is 11.6. The summed E-state index contributed by atoms with van der Waals surface area (Å²) in [6.07, 6.45) is 0.696. The normalized spacial score (nSPS) is 10.1. The lowest BCUT2D eigenvalue weighted by atomic mass is 10.0. The van der Waals surface area contributed by atoms with Crippen molar-refractivity contribution in [1.82, 2.24) is 0 Å². The number of hydrogen-bond acceptors (Lipinski definition) is 3. The number of aryl methyl sites for hydroxylation is 2. The predicted octanol–water partition coefficient (Wildman–Crippen LogP) is 2.44. The molecule has 1 aromatic carbocycles. The van der Waals surface area contributed by atoms with Gasteiger partial charge in [-0.3, -0.25) is 0 Å². The number of carbonyl (C=O) groups is 1. The van der Waals surface area contributed by atoms with Crippen molar-refractivity contribution in [2.75, 3.05) is 6.61 Å². The van der Waals surface area contributed by atoms with E-state index in [1.807, 2.05) is 6.92 Å². The van der Waals surface area contributed by atoms with Crippen LogP contribution in [0.15, 0.2) is 12.1 Å². The summed E-state index contributed by atoms with van der Waals surface area (Å²) in [5, 5.41) is 9.52. The summed E-state index contributed by atoms with van der Waals surface area (Å²) in [7, 11) is 0. The lowest BCUT2D eigenvalue weighted by Gasteiger charge is -2.09. The van der Waals surface area contributed by atoms with Crippen LogP contribution in [0.25, 0.3) is 0 Å². The molecule has 0 bridgehead atoms. The summed E-state index contributed by atoms with van der Waals surface area (Å²) in [5.41, 5.74) is 2.06. The molecule has 0 aromatic heterocycles. The van der Waals surface area contributed by atoms with Crippen molar-refractivity contribution in [3.8, 4) is 5.75 Å². The van der Waals surface area contributed by atoms with Gasteiger partial charge in [0.15, 0.2) is 0 Å². The first-order valence-electron chi connectivity index (χ1n) is 5.09. The quantitative estimate of drug-likeness (QED) is 0.776. The number of aromatic hydroxyl groups is 1. The van der Waals surface area contributed by atoms with E-state index in [-0.39, 0.29) is 11.7 Å². The molecule has 3 heteroatoms. The molecule has 0 aliphatic rings. The highest BCUT2D eigenvalue weighted by molar-refractivity contribution is 5.91. The van der Waals surface area contributed by atoms with Gasteiger partial charge in [-0.25, -0.2) is 4.79 Å². The molecule has 1 N–H and O–H groups in total. The van der Waals surface area contributed by atoms with Crippen molar-refractivity contribution < 1.29 is 14.6 Å². The monoisotopic (exact) mass is 208 g/mol. The van der Waals surface area contributed by atoms with Gasteiger partial charge in [-0.15, -0.1) is 0 Å². The van der Waals surface area contributed by atoms with Crippen LogP contribution in [-0.4, -0.2) is 17.7 Å². The third-order valence-corrected chi connectivity index (χ3v) is 2.30. The molecule has 0 heterocycles. The summed E-state index contributed by atoms with van der Waals surface area (Å²) in [6.45, 7) is 5.84. The third kappa shape index (κ3) is 2.49. The Morgan fingerprint density at radius 1 is 1.40 bits per heavy atom. The molecule has 0 aliphatic carbocycles. The Balaban J connectivity index is 3.15. The average Bonchev–Trinajstić information content (AvgIpc) is 2.21. The van der Waals surface area contributed by atoms with Gasteiger partial charge in [0.25, 0.3) is 0 Å². The van der Waals surface area contributed by atoms with Crippen LogP contribution in [0.3, 0.4) is 0 Å². The largest absolute Gasteiger partial charge is 0.508 e. The lowest BCUT2D eigenvalue weighted by Crippen LogP contribution is -2.08. The van der Waals surface area contributed by atoms with E-state index in [0.29, 0.717) is 24.2 Å². The number of hydrogen-bond donors (Lipinski definition) is 1. The fourth-order valence-corrected chi connectivity index (χ4v) is 1.43. The molecule has 0 saturated heterocycles. The Morgan fingerprint density at radius 2 is 2.07 bits per heavy atom. The van der Waals surface area contributed by atoms with Gasteiger partial charge in [-0.05, 0) is 43.5 Å². The van der Waals surface area contributed by atoms with Gasteiger partial charge in [0, 0.05) is 0 Å². The second-order valence-electron chi connectivity index (χ2n) is 3.37. The van der Waals surface area contributed by atoms with Gasteiger partial charge in [-0.1, -0.05) is 6.92 Å². The highest BCUT2D eigenvalue weighted by Gasteiger charge is 2.13. The van der Waals surface area contributed by atoms with Gasteiger partial charge in [0.05, 0.1) is 12.2 Å². The molecule has 1 rings (SSSR count). The molecule has 0 spiro atoms. The van der Waals surface area contributed by atoms with E-state index >= 15 is 0 Å². The fourth-order valence-electron chi connectivity index (χ4n) is 1.43. The summed E-state index contributed by atoms with van der Waals surface area (Å²) >= 11 is 0. The first-order valence-corrected chi connectivity index (χ1v) is 5.09. The minimum atomic E-state index is -0.322. The Bertz CT molecular complexity index is 369. The zero-order chi connectivity index (χ0) is 11.4. The third-order valence-electron chi connectivity index (χ3n) is 2.30. The van der Waals surface area contributed by atoms with Crippen molar-refractivity contribution >= 4 is 5.97 Å². The van der Waals surface area contributed by atoms with E-state index in [4.69, 9.17) is 4.74 Å². The van der Waals surface area contributed by atoms with Crippen LogP contribution in [0, 0.1) is 6.92 Å². The molecule has 0 aliphatic heterocycles. The molecule has 0 radical (unpaired) electrons. The fraction of sp³-hybridized carbons (Fsp3) is 0.417. The summed E-state index contributed by atoms with van der Waals surface area (Å²) in [5.74, 6) is -0.0997. The topological polar surface area (TPSA) is 46.5 Å². The van der Waals surface area contributed by atoms with Crippen LogP contribution in [-0.2, 0) is 11.2 Å². The van der Waals surface area contributed by atoms with Gasteiger partial charge in [-0.2, -0.15) is 0 Å². The first-order chi connectivity index (χ1) is 7.10. The summed E-state index contributed by atoms with van der Waals surface area (Å²) in [6, 6.07) is 3.30. The van der Waals surface area contributed by atoms with E-state index < -0.39 is 0 Å². The number of rotatable bonds is 3. The molecule has 15 heavy (non-hydrogen) atoms. The predicted molar refractivity (Wildman–Crippen MR) is 58.2 cm³/mol. The van der Waals surface area contributed by atoms with Gasteiger partial charge < -0.3 is 9.84 Å². The van der Waals surface area contributed by atoms with Crippen molar-refractivity contribution in [2.45, 2.75) is 27.2 Å². The molecule has 3 nitrogen and oxygen atoms in total. The van der Waals surface area contributed by atoms with Crippen LogP contribution < -0.4 is 0 Å². The maximum absolute atomic E-state index is 11.6. The van der Waals surface area contributed by atoms with Crippen LogP contribution in [0.4, 0.5) is 0 Å². The molecule has 0 unspecified atom stereocenters. The molecule has 1 aromatic rings. The van der Waals surface area contributed by atoms with Gasteiger partial charge >= 0.3 is 5.97 Å². The first kappa shape index (κ1) is 11.6. The number of ether oxygens (including phenoxy) is 1. The van der Waals surface area contributed by atoms with Crippen LogP contribution in [0.5, 0.6) is 5.75 Å². The number of carbonyl (C=O) groups excluding carboxylic acids is 1. The second-order valence-corrected chi connectivity index (χ2v) is 3.37. The minimum Gasteiger partial charge on any atom is -0.508 e. The molecule has 0 fully saturated rings. The Kier molecular flexibility index (Phi) is 3.72. The van der Waals surface area contributed by atoms with E-state index in [0.717, 1.165) is 5.56 Å². The van der Waals surface area contributed by atoms with E-state index in [1.165, 1.54) is 0 Å². The molecule has 0 amide bonds. The Labute approximate surface area is 89.7 Å². The number of phenols is 1. The highest BCUT2D eigenvalue weighted by Crippen LogP contribution is 2.22. The van der Waals surface area contributed by atoms with Crippen molar-refractivity contribution in [1.29, 1.82) is 0 Å². The number of phenolic OH excluding ortho intramolecular Hbond substituents is 1. The summed E-state index contributed by atoms with van der Waals surface area (Å²) < 4.78 is 4.94. The molecule has 0 atom stereocenters. The maximum Gasteiger partial charge on any atom is 0.338 e. The number of benzene rings is 1. The number of esters is 1. The van der Waals surface area contributed by atoms with Crippen LogP contribution in [0.1, 0.15) is 35.3 Å². The zero-order valence-corrected chi connectivity index (χ0v) is 9.33. The smallest absolute Gasteiger partial charge is 0.338 e. The Morgan fingerprint density at radius 3 is 2.60 bits per heavy atom. The average molecular weight is 208 g/mol. The zero-order valence-electron chi connectivity index (χ0n) is 9.33. The Hall–Kier alpha value is -1.51. The van der Waals surface area contributed by atoms with Crippen LogP contribution in [0.2, 0.25) is 0 Å². The lowest BCUT2D eigenvalue weighted by molar-refractivity contribution is 0.0525. The van der Waals surface area contributed by atoms with E-state index in [2.05, 4.69) is 0 Å². The van der Waals surface area contributed by atoms with Gasteiger partial charge in [0.1, 0.15) is 5.75 Å². The SMILES string of the molecule is CCOC(=O)c1cc(C)c(O)cc1CC. The maximum atomic E-state index is 11.6. The van der Waals surface area contributed by atoms with Crippen molar-refractivity contribution in [2.24, 2.45) is 0 Å².